The minimum absolute atomic E-state index is 0.0403. The summed E-state index contributed by atoms with van der Waals surface area (Å²) in [7, 11) is 0. The van der Waals surface area contributed by atoms with Crippen LogP contribution < -0.4 is 5.32 Å². The third kappa shape index (κ3) is 5.17. The van der Waals surface area contributed by atoms with Gasteiger partial charge in [0.15, 0.2) is 0 Å². The van der Waals surface area contributed by atoms with Crippen LogP contribution in [0.3, 0.4) is 0 Å². The van der Waals surface area contributed by atoms with Gasteiger partial charge < -0.3 is 19.9 Å². The monoisotopic (exact) mass is 501 g/mol. The van der Waals surface area contributed by atoms with Crippen LogP contribution in [0.5, 0.6) is 0 Å². The Hall–Kier alpha value is -3.12. The third-order valence-corrected chi connectivity index (χ3v) is 8.50. The van der Waals surface area contributed by atoms with E-state index >= 15 is 0 Å². The average molecular weight is 502 g/mol. The summed E-state index contributed by atoms with van der Waals surface area (Å²) >= 11 is 0. The summed E-state index contributed by atoms with van der Waals surface area (Å²) in [6.07, 6.45) is 3.75. The van der Waals surface area contributed by atoms with Crippen molar-refractivity contribution >= 4 is 11.8 Å². The highest BCUT2D eigenvalue weighted by atomic mass is 16.5. The first-order chi connectivity index (χ1) is 18.0. The van der Waals surface area contributed by atoms with Crippen LogP contribution in [0.1, 0.15) is 53.7 Å². The second-order valence-corrected chi connectivity index (χ2v) is 10.7. The minimum atomic E-state index is -0.263. The maximum atomic E-state index is 13.7. The van der Waals surface area contributed by atoms with E-state index in [1.807, 2.05) is 23.1 Å². The Balaban J connectivity index is 1.40. The van der Waals surface area contributed by atoms with Gasteiger partial charge in [0, 0.05) is 30.9 Å². The summed E-state index contributed by atoms with van der Waals surface area (Å²) in [5.74, 6) is 0.672. The number of nitrogens with zero attached hydrogens (tertiary/aromatic N) is 2. The molecule has 1 aliphatic carbocycles. The number of hydrogen-bond donors (Lipinski definition) is 1. The van der Waals surface area contributed by atoms with E-state index in [-0.39, 0.29) is 29.8 Å². The van der Waals surface area contributed by atoms with Gasteiger partial charge in [-0.3, -0.25) is 9.59 Å². The number of fused-ring (bicyclic) bond motifs is 1. The first-order valence-corrected chi connectivity index (χ1v) is 13.8. The number of carbonyl (C=O) groups is 2. The maximum Gasteiger partial charge on any atom is 0.254 e. The van der Waals surface area contributed by atoms with Crippen molar-refractivity contribution in [3.8, 4) is 0 Å². The molecular weight excluding hydrogens is 462 g/mol. The highest BCUT2D eigenvalue weighted by Crippen LogP contribution is 2.36. The minimum Gasteiger partial charge on any atom is -0.378 e. The van der Waals surface area contributed by atoms with Crippen molar-refractivity contribution in [2.45, 2.75) is 58.2 Å². The smallest absolute Gasteiger partial charge is 0.254 e. The first-order valence-electron chi connectivity index (χ1n) is 13.8. The molecule has 0 bridgehead atoms. The number of morpholine rings is 1. The molecule has 2 amide bonds. The maximum absolute atomic E-state index is 13.7. The van der Waals surface area contributed by atoms with Gasteiger partial charge in [0.2, 0.25) is 5.91 Å². The van der Waals surface area contributed by atoms with E-state index in [0.29, 0.717) is 44.3 Å². The zero-order valence-electron chi connectivity index (χ0n) is 22.1. The Labute approximate surface area is 220 Å². The molecule has 6 nitrogen and oxygen atoms in total. The number of rotatable bonds is 7. The third-order valence-electron chi connectivity index (χ3n) is 8.50. The van der Waals surface area contributed by atoms with E-state index in [1.54, 1.807) is 0 Å². The van der Waals surface area contributed by atoms with Crippen molar-refractivity contribution < 1.29 is 14.3 Å². The zero-order chi connectivity index (χ0) is 25.9. The molecule has 3 aliphatic rings. The largest absolute Gasteiger partial charge is 0.378 e. The molecular formula is C31H39N3O3. The summed E-state index contributed by atoms with van der Waals surface area (Å²) < 4.78 is 5.41. The van der Waals surface area contributed by atoms with E-state index in [1.165, 1.54) is 11.1 Å². The fourth-order valence-electron chi connectivity index (χ4n) is 6.39. The van der Waals surface area contributed by atoms with Crippen molar-refractivity contribution in [3.63, 3.8) is 0 Å². The highest BCUT2D eigenvalue weighted by molar-refractivity contribution is 5.94. The van der Waals surface area contributed by atoms with Gasteiger partial charge in [0.05, 0.1) is 19.3 Å². The van der Waals surface area contributed by atoms with Crippen molar-refractivity contribution in [2.75, 3.05) is 26.3 Å². The average Bonchev–Trinajstić information content (AvgIpc) is 3.37. The molecule has 2 aromatic rings. The number of carbonyl (C=O) groups excluding carboxylic acids is 2. The van der Waals surface area contributed by atoms with Crippen LogP contribution in [-0.4, -0.2) is 60.0 Å². The van der Waals surface area contributed by atoms with Crippen molar-refractivity contribution in [3.05, 3.63) is 83.1 Å². The summed E-state index contributed by atoms with van der Waals surface area (Å²) in [6.45, 7) is 11.8. The van der Waals surface area contributed by atoms with Crippen LogP contribution in [0, 0.1) is 11.8 Å². The molecule has 2 heterocycles. The molecule has 37 heavy (non-hydrogen) atoms. The predicted octanol–water partition coefficient (Wildman–Crippen LogP) is 4.19. The van der Waals surface area contributed by atoms with E-state index < -0.39 is 0 Å². The molecule has 0 aromatic heterocycles. The highest BCUT2D eigenvalue weighted by Gasteiger charge is 2.43. The summed E-state index contributed by atoms with van der Waals surface area (Å²) in [5, 5.41) is 3.38. The van der Waals surface area contributed by atoms with Gasteiger partial charge in [-0.15, -0.1) is 0 Å². The molecule has 0 saturated carbocycles. The fraction of sp³-hybridized carbons (Fsp3) is 0.484. The lowest BCUT2D eigenvalue weighted by Gasteiger charge is -2.47. The lowest BCUT2D eigenvalue weighted by atomic mass is 9.85. The molecule has 2 aromatic carbocycles. The van der Waals surface area contributed by atoms with Crippen LogP contribution in [-0.2, 0) is 28.9 Å². The lowest BCUT2D eigenvalue weighted by Crippen LogP contribution is -2.62. The van der Waals surface area contributed by atoms with Crippen LogP contribution in [0.4, 0.5) is 0 Å². The number of ether oxygens (including phenoxy) is 1. The molecule has 1 N–H and O–H groups in total. The Morgan fingerprint density at radius 1 is 1.05 bits per heavy atom. The summed E-state index contributed by atoms with van der Waals surface area (Å²) in [6, 6.07) is 16.1. The van der Waals surface area contributed by atoms with E-state index in [9.17, 15) is 9.59 Å². The molecule has 0 unspecified atom stereocenters. The molecule has 0 radical (unpaired) electrons. The van der Waals surface area contributed by atoms with Crippen molar-refractivity contribution in [1.82, 2.24) is 15.1 Å². The summed E-state index contributed by atoms with van der Waals surface area (Å²) in [5.41, 5.74) is 5.45. The number of piperazine rings is 1. The van der Waals surface area contributed by atoms with E-state index in [0.717, 1.165) is 36.9 Å². The van der Waals surface area contributed by atoms with Gasteiger partial charge in [0.1, 0.15) is 6.04 Å². The molecule has 2 saturated heterocycles. The second kappa shape index (κ2) is 11.1. The number of benzene rings is 2. The Morgan fingerprint density at radius 3 is 2.38 bits per heavy atom. The van der Waals surface area contributed by atoms with Gasteiger partial charge in [-0.2, -0.15) is 0 Å². The van der Waals surface area contributed by atoms with E-state index in [2.05, 4.69) is 61.0 Å². The molecule has 2 aliphatic heterocycles. The van der Waals surface area contributed by atoms with Crippen molar-refractivity contribution in [2.24, 2.45) is 11.8 Å². The van der Waals surface area contributed by atoms with Gasteiger partial charge in [0.25, 0.3) is 5.91 Å². The van der Waals surface area contributed by atoms with Gasteiger partial charge in [-0.1, -0.05) is 69.7 Å². The van der Waals surface area contributed by atoms with Gasteiger partial charge in [-0.05, 0) is 53.5 Å². The zero-order valence-corrected chi connectivity index (χ0v) is 22.1. The fourth-order valence-corrected chi connectivity index (χ4v) is 6.39. The Morgan fingerprint density at radius 2 is 1.73 bits per heavy atom. The first kappa shape index (κ1) is 25.5. The number of hydrogen-bond acceptors (Lipinski definition) is 4. The molecule has 2 atom stereocenters. The van der Waals surface area contributed by atoms with Gasteiger partial charge in [-0.25, -0.2) is 0 Å². The SMILES string of the molecule is C=C1[C@@H](C2Cc3ccccc3C2)NC(=O)[C@@H](C(CC)CC)N1Cc1cccc(C(=O)N2CCOCC2)c1. The van der Waals surface area contributed by atoms with Crippen LogP contribution in [0.25, 0.3) is 0 Å². The Kier molecular flexibility index (Phi) is 7.65. The Bertz CT molecular complexity index is 1130. The lowest BCUT2D eigenvalue weighted by molar-refractivity contribution is -0.132. The molecule has 6 heteroatoms. The molecule has 0 spiro atoms. The molecule has 196 valence electrons. The van der Waals surface area contributed by atoms with Crippen LogP contribution >= 0.6 is 0 Å². The van der Waals surface area contributed by atoms with Gasteiger partial charge >= 0.3 is 0 Å². The second-order valence-electron chi connectivity index (χ2n) is 10.7. The van der Waals surface area contributed by atoms with Crippen LogP contribution in [0.15, 0.2) is 60.8 Å². The standard InChI is InChI=1S/C31H39N3O3/c1-4-23(5-2)29-30(35)32-28(27-18-24-10-6-7-11-25(24)19-27)21(3)34(29)20-22-9-8-12-26(17-22)31(36)33-13-15-37-16-14-33/h6-12,17,23,27-29H,3-5,13-16,18-20H2,1-2H3,(H,32,35)/t28-,29+/m0/s1. The quantitative estimate of drug-likeness (QED) is 0.618. The normalized spacial score (nSPS) is 22.4. The molecule has 5 rings (SSSR count). The van der Waals surface area contributed by atoms with E-state index in [4.69, 9.17) is 4.74 Å². The molecule has 2 fully saturated rings. The van der Waals surface area contributed by atoms with Crippen LogP contribution in [0.2, 0.25) is 0 Å². The predicted molar refractivity (Wildman–Crippen MR) is 145 cm³/mol. The summed E-state index contributed by atoms with van der Waals surface area (Å²) in [4.78, 5) is 30.9. The topological polar surface area (TPSA) is 61.9 Å². The number of nitrogens with one attached hydrogen (secondary N) is 1. The van der Waals surface area contributed by atoms with Crippen molar-refractivity contribution in [1.29, 1.82) is 0 Å². The number of amides is 2.